The molecule has 0 atom stereocenters. The zero-order chi connectivity index (χ0) is 11.7. The van der Waals surface area contributed by atoms with E-state index >= 15 is 0 Å². The molecule has 17 heavy (non-hydrogen) atoms. The van der Waals surface area contributed by atoms with Gasteiger partial charge in [-0.1, -0.05) is 48.5 Å². The highest BCUT2D eigenvalue weighted by atomic mass is 15.3. The number of hydrazone groups is 1. The van der Waals surface area contributed by atoms with E-state index in [1.54, 1.807) is 0 Å². The van der Waals surface area contributed by atoms with Gasteiger partial charge in [-0.15, -0.1) is 0 Å². The maximum atomic E-state index is 4.43. The molecule has 0 aromatic heterocycles. The predicted molar refractivity (Wildman–Crippen MR) is 70.4 cm³/mol. The fourth-order valence-electron chi connectivity index (χ4n) is 2.39. The molecular formula is C15H14N2. The molecule has 3 rings (SSSR count). The van der Waals surface area contributed by atoms with Crippen molar-refractivity contribution in [2.24, 2.45) is 5.10 Å². The molecule has 84 valence electrons. The van der Waals surface area contributed by atoms with Crippen molar-refractivity contribution >= 4 is 5.71 Å². The quantitative estimate of drug-likeness (QED) is 0.629. The molecular weight excluding hydrogens is 208 g/mol. The van der Waals surface area contributed by atoms with Crippen LogP contribution in [0.25, 0.3) is 0 Å². The second kappa shape index (κ2) is 4.06. The summed E-state index contributed by atoms with van der Waals surface area (Å²) >= 11 is 0. The number of hydrogen-bond acceptors (Lipinski definition) is 2. The third-order valence-electron chi connectivity index (χ3n) is 3.15. The monoisotopic (exact) mass is 222 g/mol. The second-order valence-corrected chi connectivity index (χ2v) is 4.18. The Hall–Kier alpha value is -2.09. The van der Waals surface area contributed by atoms with E-state index in [4.69, 9.17) is 0 Å². The van der Waals surface area contributed by atoms with Crippen LogP contribution < -0.4 is 5.43 Å². The predicted octanol–water partition coefficient (Wildman–Crippen LogP) is 2.56. The average Bonchev–Trinajstić information content (AvgIpc) is 2.39. The second-order valence-electron chi connectivity index (χ2n) is 4.18. The van der Waals surface area contributed by atoms with Crippen molar-refractivity contribution in [3.63, 3.8) is 0 Å². The van der Waals surface area contributed by atoms with Gasteiger partial charge in [0.1, 0.15) is 0 Å². The van der Waals surface area contributed by atoms with Crippen LogP contribution in [0.15, 0.2) is 53.6 Å². The molecule has 2 nitrogen and oxygen atoms in total. The third kappa shape index (κ3) is 1.62. The van der Waals surface area contributed by atoms with Crippen molar-refractivity contribution in [1.29, 1.82) is 0 Å². The molecule has 0 aliphatic heterocycles. The lowest BCUT2D eigenvalue weighted by Crippen LogP contribution is -2.18. The molecule has 0 saturated carbocycles. The molecule has 0 amide bonds. The highest BCUT2D eigenvalue weighted by Crippen LogP contribution is 2.27. The van der Waals surface area contributed by atoms with E-state index in [0.717, 1.165) is 12.1 Å². The van der Waals surface area contributed by atoms with Crippen molar-refractivity contribution in [3.05, 3.63) is 70.8 Å². The van der Waals surface area contributed by atoms with Gasteiger partial charge in [0.25, 0.3) is 0 Å². The summed E-state index contributed by atoms with van der Waals surface area (Å²) in [5.74, 6) is 0. The van der Waals surface area contributed by atoms with Crippen molar-refractivity contribution in [2.45, 2.75) is 6.42 Å². The summed E-state index contributed by atoms with van der Waals surface area (Å²) in [5.41, 5.74) is 9.12. The Kier molecular flexibility index (Phi) is 2.41. The van der Waals surface area contributed by atoms with Crippen LogP contribution in [0, 0.1) is 0 Å². The van der Waals surface area contributed by atoms with Crippen LogP contribution in [-0.4, -0.2) is 12.8 Å². The van der Waals surface area contributed by atoms with Gasteiger partial charge in [-0.05, 0) is 17.5 Å². The van der Waals surface area contributed by atoms with Crippen molar-refractivity contribution in [2.75, 3.05) is 7.05 Å². The number of hydrogen-bond donors (Lipinski definition) is 1. The normalized spacial score (nSPS) is 12.6. The summed E-state index contributed by atoms with van der Waals surface area (Å²) in [4.78, 5) is 0. The largest absolute Gasteiger partial charge is 0.313 e. The van der Waals surface area contributed by atoms with Crippen LogP contribution in [-0.2, 0) is 6.42 Å². The molecule has 1 aliphatic carbocycles. The summed E-state index contributed by atoms with van der Waals surface area (Å²) in [7, 11) is 1.84. The van der Waals surface area contributed by atoms with Gasteiger partial charge in [-0.2, -0.15) is 5.10 Å². The Morgan fingerprint density at radius 2 is 1.41 bits per heavy atom. The van der Waals surface area contributed by atoms with Gasteiger partial charge in [0.2, 0.25) is 0 Å². The van der Waals surface area contributed by atoms with E-state index in [-0.39, 0.29) is 0 Å². The lowest BCUT2D eigenvalue weighted by molar-refractivity contribution is 0.898. The maximum absolute atomic E-state index is 4.43. The molecule has 0 spiro atoms. The fraction of sp³-hybridized carbons (Fsp3) is 0.133. The molecule has 1 N–H and O–H groups in total. The Morgan fingerprint density at radius 3 is 1.94 bits per heavy atom. The van der Waals surface area contributed by atoms with Crippen LogP contribution in [0.3, 0.4) is 0 Å². The number of nitrogens with zero attached hydrogens (tertiary/aromatic N) is 1. The van der Waals surface area contributed by atoms with Crippen LogP contribution in [0.5, 0.6) is 0 Å². The smallest absolute Gasteiger partial charge is 0.0979 e. The lowest BCUT2D eigenvalue weighted by Gasteiger charge is -2.21. The highest BCUT2D eigenvalue weighted by molar-refractivity contribution is 6.15. The summed E-state index contributed by atoms with van der Waals surface area (Å²) in [6.45, 7) is 0. The Balaban J connectivity index is 2.24. The van der Waals surface area contributed by atoms with Crippen LogP contribution in [0.2, 0.25) is 0 Å². The van der Waals surface area contributed by atoms with Crippen molar-refractivity contribution in [3.8, 4) is 0 Å². The SMILES string of the molecule is CNN=C1c2ccccc2Cc2ccccc21. The molecule has 0 saturated heterocycles. The van der Waals surface area contributed by atoms with E-state index < -0.39 is 0 Å². The number of fused-ring (bicyclic) bond motifs is 2. The van der Waals surface area contributed by atoms with E-state index in [0.29, 0.717) is 0 Å². The van der Waals surface area contributed by atoms with Gasteiger partial charge in [-0.3, -0.25) is 0 Å². The standard InChI is InChI=1S/C15H14N2/c1-16-17-15-13-8-4-2-6-11(13)10-12-7-3-5-9-14(12)15/h2-9,16H,10H2,1H3. The molecule has 2 aromatic carbocycles. The fourth-order valence-corrected chi connectivity index (χ4v) is 2.39. The first-order valence-electron chi connectivity index (χ1n) is 5.81. The van der Waals surface area contributed by atoms with Gasteiger partial charge >= 0.3 is 0 Å². The zero-order valence-corrected chi connectivity index (χ0v) is 9.77. The van der Waals surface area contributed by atoms with Gasteiger partial charge < -0.3 is 5.43 Å². The summed E-state index contributed by atoms with van der Waals surface area (Å²) in [5, 5.41) is 4.43. The van der Waals surface area contributed by atoms with Gasteiger partial charge in [0.05, 0.1) is 5.71 Å². The van der Waals surface area contributed by atoms with Crippen LogP contribution in [0.1, 0.15) is 22.3 Å². The number of benzene rings is 2. The highest BCUT2D eigenvalue weighted by Gasteiger charge is 2.20. The molecule has 0 heterocycles. The molecule has 1 aliphatic rings. The summed E-state index contributed by atoms with van der Waals surface area (Å²) < 4.78 is 0. The average molecular weight is 222 g/mol. The Bertz CT molecular complexity index is 537. The van der Waals surface area contributed by atoms with Gasteiger partial charge in [-0.25, -0.2) is 0 Å². The molecule has 0 bridgehead atoms. The van der Waals surface area contributed by atoms with E-state index in [1.807, 2.05) is 7.05 Å². The molecule has 2 aromatic rings. The maximum Gasteiger partial charge on any atom is 0.0979 e. The first-order valence-corrected chi connectivity index (χ1v) is 5.81. The minimum atomic E-state index is 0.995. The first-order chi connectivity index (χ1) is 8.40. The van der Waals surface area contributed by atoms with Crippen molar-refractivity contribution in [1.82, 2.24) is 5.43 Å². The molecule has 0 radical (unpaired) electrons. The van der Waals surface area contributed by atoms with Gasteiger partial charge in [0, 0.05) is 18.2 Å². The zero-order valence-electron chi connectivity index (χ0n) is 9.77. The van der Waals surface area contributed by atoms with Crippen LogP contribution >= 0.6 is 0 Å². The topological polar surface area (TPSA) is 24.4 Å². The number of nitrogens with one attached hydrogen (secondary N) is 1. The van der Waals surface area contributed by atoms with Crippen molar-refractivity contribution < 1.29 is 0 Å². The molecule has 2 heteroatoms. The van der Waals surface area contributed by atoms with E-state index in [9.17, 15) is 0 Å². The van der Waals surface area contributed by atoms with E-state index in [2.05, 4.69) is 59.1 Å². The Labute approximate surface area is 101 Å². The first kappa shape index (κ1) is 10.1. The lowest BCUT2D eigenvalue weighted by atomic mass is 9.85. The Morgan fingerprint density at radius 1 is 0.882 bits per heavy atom. The summed E-state index contributed by atoms with van der Waals surface area (Å²) in [6.07, 6.45) is 0.995. The van der Waals surface area contributed by atoms with Gasteiger partial charge in [0.15, 0.2) is 0 Å². The molecule has 0 unspecified atom stereocenters. The number of rotatable bonds is 1. The molecule has 0 fully saturated rings. The van der Waals surface area contributed by atoms with E-state index in [1.165, 1.54) is 22.3 Å². The van der Waals surface area contributed by atoms with Crippen LogP contribution in [0.4, 0.5) is 0 Å². The minimum absolute atomic E-state index is 0.995. The third-order valence-corrected chi connectivity index (χ3v) is 3.15. The minimum Gasteiger partial charge on any atom is -0.313 e. The summed E-state index contributed by atoms with van der Waals surface area (Å²) in [6, 6.07) is 16.9.